The molecule has 0 aliphatic rings. The Bertz CT molecular complexity index is 608. The number of aromatic nitrogens is 1. The Balaban J connectivity index is 2.33. The summed E-state index contributed by atoms with van der Waals surface area (Å²) in [4.78, 5) is 10.0. The molecule has 0 amide bonds. The normalized spacial score (nSPS) is 12.4. The zero-order valence-corrected chi connectivity index (χ0v) is 10.3. The smallest absolute Gasteiger partial charge is 0.272 e. The van der Waals surface area contributed by atoms with Gasteiger partial charge in [-0.3, -0.25) is 10.1 Å². The predicted molar refractivity (Wildman–Crippen MR) is 67.2 cm³/mol. The van der Waals surface area contributed by atoms with Crippen LogP contribution in [0.4, 0.5) is 10.1 Å². The van der Waals surface area contributed by atoms with E-state index in [9.17, 15) is 19.6 Å². The van der Waals surface area contributed by atoms with Crippen molar-refractivity contribution in [3.63, 3.8) is 0 Å². The summed E-state index contributed by atoms with van der Waals surface area (Å²) in [6.45, 7) is 1.89. The molecule has 1 aromatic carbocycles. The summed E-state index contributed by atoms with van der Waals surface area (Å²) < 4.78 is 15.0. The van der Waals surface area contributed by atoms with Gasteiger partial charge in [-0.1, -0.05) is 0 Å². The van der Waals surface area contributed by atoms with Crippen LogP contribution in [0, 0.1) is 15.9 Å². The minimum absolute atomic E-state index is 0.270. The molecule has 0 aliphatic heterocycles. The van der Waals surface area contributed by atoms with Gasteiger partial charge in [-0.05, 0) is 30.7 Å². The van der Waals surface area contributed by atoms with Crippen LogP contribution in [0.1, 0.15) is 24.3 Å². The summed E-state index contributed by atoms with van der Waals surface area (Å²) in [5.41, 5.74) is 0.873. The van der Waals surface area contributed by atoms with Crippen molar-refractivity contribution in [3.8, 4) is 0 Å². The molecule has 1 atom stereocenters. The Hall–Kier alpha value is -2.21. The summed E-state index contributed by atoms with van der Waals surface area (Å²) >= 11 is 0. The van der Waals surface area contributed by atoms with Gasteiger partial charge in [0.15, 0.2) is 0 Å². The maximum absolute atomic E-state index is 13.3. The second-order valence-corrected chi connectivity index (χ2v) is 4.31. The van der Waals surface area contributed by atoms with E-state index in [0.717, 1.165) is 6.07 Å². The van der Waals surface area contributed by atoms with E-state index in [4.69, 9.17) is 0 Å². The molecule has 0 bridgehead atoms. The highest BCUT2D eigenvalue weighted by molar-refractivity contribution is 5.35. The summed E-state index contributed by atoms with van der Waals surface area (Å²) in [7, 11) is 0. The van der Waals surface area contributed by atoms with E-state index < -0.39 is 16.8 Å². The van der Waals surface area contributed by atoms with Gasteiger partial charge in [-0.25, -0.2) is 4.39 Å². The van der Waals surface area contributed by atoms with Gasteiger partial charge in [0.1, 0.15) is 5.82 Å². The lowest BCUT2D eigenvalue weighted by atomic mass is 10.2. The first-order valence-corrected chi connectivity index (χ1v) is 5.74. The third-order valence-corrected chi connectivity index (χ3v) is 2.80. The van der Waals surface area contributed by atoms with Crippen molar-refractivity contribution in [1.82, 2.24) is 4.57 Å². The van der Waals surface area contributed by atoms with Crippen LogP contribution in [0.2, 0.25) is 0 Å². The number of aliphatic hydroxyl groups is 1. The highest BCUT2D eigenvalue weighted by Gasteiger charge is 2.12. The first kappa shape index (κ1) is 13.2. The lowest BCUT2D eigenvalue weighted by Crippen LogP contribution is -2.06. The van der Waals surface area contributed by atoms with Gasteiger partial charge < -0.3 is 9.67 Å². The molecule has 0 saturated heterocycles. The number of non-ortho nitro benzene ring substituents is 1. The average Bonchev–Trinajstić information content (AvgIpc) is 2.76. The third-order valence-electron chi connectivity index (χ3n) is 2.80. The number of hydrogen-bond acceptors (Lipinski definition) is 3. The van der Waals surface area contributed by atoms with Crippen LogP contribution in [0.3, 0.4) is 0 Å². The molecule has 6 heteroatoms. The molecule has 0 spiro atoms. The molecule has 1 heterocycles. The fourth-order valence-electron chi connectivity index (χ4n) is 1.98. The van der Waals surface area contributed by atoms with Crippen LogP contribution >= 0.6 is 0 Å². The summed E-state index contributed by atoms with van der Waals surface area (Å²) in [6, 6.07) is 6.97. The minimum atomic E-state index is -0.654. The molecule has 1 N–H and O–H groups in total. The van der Waals surface area contributed by atoms with E-state index in [0.29, 0.717) is 11.3 Å². The number of nitro groups is 1. The van der Waals surface area contributed by atoms with Crippen LogP contribution in [0.5, 0.6) is 0 Å². The Morgan fingerprint density at radius 1 is 1.47 bits per heavy atom. The van der Waals surface area contributed by atoms with Gasteiger partial charge in [-0.2, -0.15) is 0 Å². The van der Waals surface area contributed by atoms with E-state index in [1.54, 1.807) is 29.8 Å². The van der Waals surface area contributed by atoms with Gasteiger partial charge >= 0.3 is 0 Å². The third kappa shape index (κ3) is 2.97. The van der Waals surface area contributed by atoms with Gasteiger partial charge in [-0.15, -0.1) is 0 Å². The number of halogens is 1. The maximum Gasteiger partial charge on any atom is 0.272 e. The van der Waals surface area contributed by atoms with Crippen molar-refractivity contribution in [2.45, 2.75) is 19.6 Å². The maximum atomic E-state index is 13.3. The van der Waals surface area contributed by atoms with Crippen LogP contribution in [0.15, 0.2) is 36.5 Å². The zero-order chi connectivity index (χ0) is 14.0. The number of aliphatic hydroxyl groups excluding tert-OH is 1. The van der Waals surface area contributed by atoms with Gasteiger partial charge in [0.2, 0.25) is 0 Å². The molecule has 0 saturated carbocycles. The molecule has 1 unspecified atom stereocenters. The Morgan fingerprint density at radius 2 is 2.21 bits per heavy atom. The van der Waals surface area contributed by atoms with Crippen molar-refractivity contribution in [2.75, 3.05) is 0 Å². The van der Waals surface area contributed by atoms with Crippen molar-refractivity contribution >= 4 is 5.69 Å². The largest absolute Gasteiger partial charge is 0.387 e. The van der Waals surface area contributed by atoms with Crippen LogP contribution in [-0.2, 0) is 6.54 Å². The first-order chi connectivity index (χ1) is 8.97. The number of hydrogen-bond donors (Lipinski definition) is 1. The fourth-order valence-corrected chi connectivity index (χ4v) is 1.98. The summed E-state index contributed by atoms with van der Waals surface area (Å²) in [5.74, 6) is -0.644. The van der Waals surface area contributed by atoms with Crippen molar-refractivity contribution in [2.24, 2.45) is 0 Å². The minimum Gasteiger partial charge on any atom is -0.387 e. The van der Waals surface area contributed by atoms with Crippen LogP contribution in [-0.4, -0.2) is 14.6 Å². The van der Waals surface area contributed by atoms with E-state index in [2.05, 4.69) is 0 Å². The molecule has 100 valence electrons. The number of rotatable bonds is 4. The SMILES string of the molecule is CC(O)c1cccn1Cc1cc(F)cc([N+](=O)[O-])c1. The molecule has 2 aromatic rings. The average molecular weight is 264 g/mol. The second kappa shape index (κ2) is 5.19. The first-order valence-electron chi connectivity index (χ1n) is 5.74. The lowest BCUT2D eigenvalue weighted by Gasteiger charge is -2.11. The second-order valence-electron chi connectivity index (χ2n) is 4.31. The molecule has 0 fully saturated rings. The molecule has 19 heavy (non-hydrogen) atoms. The summed E-state index contributed by atoms with van der Waals surface area (Å²) in [5, 5.41) is 20.2. The molecule has 5 nitrogen and oxygen atoms in total. The fraction of sp³-hybridized carbons (Fsp3) is 0.231. The van der Waals surface area contributed by atoms with E-state index in [-0.39, 0.29) is 12.2 Å². The molecule has 2 rings (SSSR count). The van der Waals surface area contributed by atoms with Crippen molar-refractivity contribution in [3.05, 3.63) is 63.7 Å². The standard InChI is InChI=1S/C13H13FN2O3/c1-9(17)13-3-2-4-15(13)8-10-5-11(14)7-12(6-10)16(18)19/h2-7,9,17H,8H2,1H3. The lowest BCUT2D eigenvalue weighted by molar-refractivity contribution is -0.385. The Morgan fingerprint density at radius 3 is 2.84 bits per heavy atom. The van der Waals surface area contributed by atoms with Gasteiger partial charge in [0, 0.05) is 24.5 Å². The predicted octanol–water partition coefficient (Wildman–Crippen LogP) is 2.64. The molecule has 0 radical (unpaired) electrons. The molecular weight excluding hydrogens is 251 g/mol. The molecule has 1 aromatic heterocycles. The Labute approximate surface area is 109 Å². The van der Waals surface area contributed by atoms with E-state index in [1.165, 1.54) is 12.1 Å². The zero-order valence-electron chi connectivity index (χ0n) is 10.3. The van der Waals surface area contributed by atoms with Crippen molar-refractivity contribution in [1.29, 1.82) is 0 Å². The highest BCUT2D eigenvalue weighted by Crippen LogP contribution is 2.19. The van der Waals surface area contributed by atoms with Crippen LogP contribution < -0.4 is 0 Å². The summed E-state index contributed by atoms with van der Waals surface area (Å²) in [6.07, 6.45) is 1.08. The van der Waals surface area contributed by atoms with Gasteiger partial charge in [0.25, 0.3) is 5.69 Å². The number of nitrogens with zero attached hydrogens (tertiary/aromatic N) is 2. The number of benzene rings is 1. The van der Waals surface area contributed by atoms with Gasteiger partial charge in [0.05, 0.1) is 17.1 Å². The van der Waals surface area contributed by atoms with E-state index in [1.807, 2.05) is 0 Å². The topological polar surface area (TPSA) is 68.3 Å². The molecular formula is C13H13FN2O3. The molecule has 0 aliphatic carbocycles. The Kier molecular flexibility index (Phi) is 3.62. The monoisotopic (exact) mass is 264 g/mol. The van der Waals surface area contributed by atoms with Crippen LogP contribution in [0.25, 0.3) is 0 Å². The quantitative estimate of drug-likeness (QED) is 0.681. The van der Waals surface area contributed by atoms with Crippen molar-refractivity contribution < 1.29 is 14.4 Å². The number of nitro benzene ring substituents is 1. The van der Waals surface area contributed by atoms with E-state index >= 15 is 0 Å². The highest BCUT2D eigenvalue weighted by atomic mass is 19.1.